The molecule has 0 aromatic heterocycles. The van der Waals surface area contributed by atoms with Crippen LogP contribution in [0.25, 0.3) is 0 Å². The Morgan fingerprint density at radius 1 is 1.36 bits per heavy atom. The number of hydrogen-bond donors (Lipinski definition) is 0. The van der Waals surface area contributed by atoms with Crippen molar-refractivity contribution >= 4 is 0 Å². The monoisotopic (exact) mass is 150 g/mol. The van der Waals surface area contributed by atoms with E-state index in [9.17, 15) is 0 Å². The summed E-state index contributed by atoms with van der Waals surface area (Å²) in [7, 11) is 0. The van der Waals surface area contributed by atoms with Crippen molar-refractivity contribution in [2.24, 2.45) is 0 Å². The molecule has 0 aliphatic heterocycles. The molecule has 0 saturated carbocycles. The van der Waals surface area contributed by atoms with E-state index < -0.39 is 0 Å². The lowest BCUT2D eigenvalue weighted by molar-refractivity contribution is 0.843. The third-order valence-electron chi connectivity index (χ3n) is 1.60. The van der Waals surface area contributed by atoms with E-state index in [2.05, 4.69) is 26.2 Å². The van der Waals surface area contributed by atoms with Gasteiger partial charge in [0.05, 0.1) is 0 Å². The molecule has 0 aliphatic carbocycles. The van der Waals surface area contributed by atoms with Crippen molar-refractivity contribution in [2.75, 3.05) is 0 Å². The highest BCUT2D eigenvalue weighted by Crippen LogP contribution is 2.09. The van der Waals surface area contributed by atoms with Gasteiger partial charge in [0.2, 0.25) is 0 Å². The molecule has 0 aromatic carbocycles. The fraction of sp³-hybridized carbons (Fsp3) is 0.455. The molecule has 0 heteroatoms. The van der Waals surface area contributed by atoms with E-state index in [1.807, 2.05) is 12.2 Å². The minimum atomic E-state index is 1.11. The second kappa shape index (κ2) is 7.33. The summed E-state index contributed by atoms with van der Waals surface area (Å²) < 4.78 is 0. The molecule has 0 saturated heterocycles. The lowest BCUT2D eigenvalue weighted by Crippen LogP contribution is -1.78. The van der Waals surface area contributed by atoms with Crippen molar-refractivity contribution in [1.29, 1.82) is 0 Å². The van der Waals surface area contributed by atoms with Crippen molar-refractivity contribution in [3.63, 3.8) is 0 Å². The van der Waals surface area contributed by atoms with Crippen LogP contribution < -0.4 is 0 Å². The molecule has 0 atom stereocenters. The summed E-state index contributed by atoms with van der Waals surface area (Å²) in [5.74, 6) is 0. The van der Waals surface area contributed by atoms with Crippen molar-refractivity contribution in [1.82, 2.24) is 0 Å². The highest BCUT2D eigenvalue weighted by Gasteiger charge is 1.89. The smallest absolute Gasteiger partial charge is 0.0279 e. The summed E-state index contributed by atoms with van der Waals surface area (Å²) in [6.07, 6.45) is 10.7. The van der Waals surface area contributed by atoms with Crippen LogP contribution in [0.4, 0.5) is 0 Å². The van der Waals surface area contributed by atoms with Crippen LogP contribution in [0.15, 0.2) is 37.0 Å². The molecule has 0 rings (SSSR count). The van der Waals surface area contributed by atoms with E-state index in [0.29, 0.717) is 0 Å². The Kier molecular flexibility index (Phi) is 6.81. The van der Waals surface area contributed by atoms with Crippen molar-refractivity contribution < 1.29 is 0 Å². The number of unbranched alkanes of at least 4 members (excludes halogenated alkanes) is 1. The Bertz CT molecular complexity index is 140. The summed E-state index contributed by atoms with van der Waals surface area (Å²) in [5, 5.41) is 0. The van der Waals surface area contributed by atoms with E-state index in [0.717, 1.165) is 19.3 Å². The predicted octanol–water partition coefficient (Wildman–Crippen LogP) is 3.87. The van der Waals surface area contributed by atoms with Gasteiger partial charge in [-0.25, -0.2) is 0 Å². The van der Waals surface area contributed by atoms with Crippen LogP contribution in [0.1, 0.15) is 32.6 Å². The SMILES string of the molecule is C=CCCCC(C=C)=CCC. The van der Waals surface area contributed by atoms with Gasteiger partial charge < -0.3 is 0 Å². The van der Waals surface area contributed by atoms with Gasteiger partial charge >= 0.3 is 0 Å². The first kappa shape index (κ1) is 10.2. The van der Waals surface area contributed by atoms with E-state index >= 15 is 0 Å². The summed E-state index contributed by atoms with van der Waals surface area (Å²) in [6, 6.07) is 0. The zero-order valence-electron chi connectivity index (χ0n) is 7.47. The third-order valence-corrected chi connectivity index (χ3v) is 1.60. The molecule has 0 spiro atoms. The Morgan fingerprint density at radius 2 is 2.09 bits per heavy atom. The summed E-state index contributed by atoms with van der Waals surface area (Å²) in [4.78, 5) is 0. The summed E-state index contributed by atoms with van der Waals surface area (Å²) >= 11 is 0. The first-order chi connectivity index (χ1) is 5.35. The maximum atomic E-state index is 3.76. The predicted molar refractivity (Wildman–Crippen MR) is 52.6 cm³/mol. The third kappa shape index (κ3) is 5.65. The van der Waals surface area contributed by atoms with Crippen LogP contribution in [0.3, 0.4) is 0 Å². The molecule has 0 unspecified atom stereocenters. The Hall–Kier alpha value is -0.780. The van der Waals surface area contributed by atoms with Crippen LogP contribution in [-0.2, 0) is 0 Å². The Morgan fingerprint density at radius 3 is 2.55 bits per heavy atom. The highest BCUT2D eigenvalue weighted by atomic mass is 13.9. The molecule has 0 amide bonds. The molecule has 0 nitrogen and oxygen atoms in total. The van der Waals surface area contributed by atoms with Crippen LogP contribution in [0.2, 0.25) is 0 Å². The molecule has 0 heterocycles. The second-order valence-electron chi connectivity index (χ2n) is 2.57. The molecular weight excluding hydrogens is 132 g/mol. The van der Waals surface area contributed by atoms with Crippen LogP contribution in [-0.4, -0.2) is 0 Å². The molecule has 11 heavy (non-hydrogen) atoms. The van der Waals surface area contributed by atoms with E-state index in [4.69, 9.17) is 0 Å². The standard InChI is InChI=1S/C11H18/c1-4-7-8-10-11(6-3)9-5-2/h4,6,9H,1,3,5,7-8,10H2,2H3. The highest BCUT2D eigenvalue weighted by molar-refractivity contribution is 5.15. The molecule has 0 aromatic rings. The van der Waals surface area contributed by atoms with Gasteiger partial charge in [-0.3, -0.25) is 0 Å². The minimum Gasteiger partial charge on any atom is -0.103 e. The molecule has 62 valence electrons. The first-order valence-electron chi connectivity index (χ1n) is 4.27. The number of allylic oxidation sites excluding steroid dienone is 4. The molecule has 0 aliphatic rings. The zero-order valence-corrected chi connectivity index (χ0v) is 7.47. The Balaban J connectivity index is 3.60. The van der Waals surface area contributed by atoms with Gasteiger partial charge in [-0.15, -0.1) is 6.58 Å². The maximum absolute atomic E-state index is 3.76. The van der Waals surface area contributed by atoms with Gasteiger partial charge in [0.1, 0.15) is 0 Å². The first-order valence-corrected chi connectivity index (χ1v) is 4.27. The van der Waals surface area contributed by atoms with Gasteiger partial charge in [0, 0.05) is 0 Å². The van der Waals surface area contributed by atoms with Gasteiger partial charge in [-0.1, -0.05) is 37.3 Å². The van der Waals surface area contributed by atoms with Crippen molar-refractivity contribution in [3.8, 4) is 0 Å². The average Bonchev–Trinajstić information content (AvgIpc) is 2.03. The molecule has 0 N–H and O–H groups in total. The maximum Gasteiger partial charge on any atom is -0.0279 e. The van der Waals surface area contributed by atoms with Crippen LogP contribution in [0, 0.1) is 0 Å². The number of hydrogen-bond acceptors (Lipinski definition) is 0. The van der Waals surface area contributed by atoms with Gasteiger partial charge in [-0.05, 0) is 25.7 Å². The topological polar surface area (TPSA) is 0 Å². The fourth-order valence-corrected chi connectivity index (χ4v) is 1.00. The van der Waals surface area contributed by atoms with Gasteiger partial charge in [-0.2, -0.15) is 0 Å². The van der Waals surface area contributed by atoms with Crippen LogP contribution in [0.5, 0.6) is 0 Å². The molecular formula is C11H18. The van der Waals surface area contributed by atoms with Gasteiger partial charge in [0.25, 0.3) is 0 Å². The van der Waals surface area contributed by atoms with Crippen molar-refractivity contribution in [2.45, 2.75) is 32.6 Å². The molecule has 0 radical (unpaired) electrons. The lowest BCUT2D eigenvalue weighted by atomic mass is 10.1. The van der Waals surface area contributed by atoms with Crippen molar-refractivity contribution in [3.05, 3.63) is 37.0 Å². The quantitative estimate of drug-likeness (QED) is 0.306. The van der Waals surface area contributed by atoms with Gasteiger partial charge in [0.15, 0.2) is 0 Å². The summed E-state index contributed by atoms with van der Waals surface area (Å²) in [5.41, 5.74) is 1.37. The number of rotatable bonds is 6. The average molecular weight is 150 g/mol. The van der Waals surface area contributed by atoms with E-state index in [1.54, 1.807) is 0 Å². The zero-order chi connectivity index (χ0) is 8.53. The molecule has 0 fully saturated rings. The summed E-state index contributed by atoms with van der Waals surface area (Å²) in [6.45, 7) is 9.60. The largest absolute Gasteiger partial charge is 0.103 e. The Labute approximate surface area is 70.3 Å². The van der Waals surface area contributed by atoms with E-state index in [1.165, 1.54) is 12.0 Å². The normalized spacial score (nSPS) is 11.2. The van der Waals surface area contributed by atoms with Crippen LogP contribution >= 0.6 is 0 Å². The minimum absolute atomic E-state index is 1.11. The second-order valence-corrected chi connectivity index (χ2v) is 2.57. The lowest BCUT2D eigenvalue weighted by Gasteiger charge is -1.98. The van der Waals surface area contributed by atoms with E-state index in [-0.39, 0.29) is 0 Å². The molecule has 0 bridgehead atoms. The fourth-order valence-electron chi connectivity index (χ4n) is 1.00.